The van der Waals surface area contributed by atoms with Crippen LogP contribution in [-0.4, -0.2) is 39.9 Å². The van der Waals surface area contributed by atoms with Crippen molar-refractivity contribution >= 4 is 22.8 Å². The minimum atomic E-state index is -0.884. The van der Waals surface area contributed by atoms with Crippen molar-refractivity contribution in [2.24, 2.45) is 5.92 Å². The molecule has 3 aromatic rings. The zero-order valence-electron chi connectivity index (χ0n) is 18.9. The van der Waals surface area contributed by atoms with Crippen molar-refractivity contribution in [2.45, 2.75) is 58.0 Å². The van der Waals surface area contributed by atoms with Crippen molar-refractivity contribution in [3.63, 3.8) is 0 Å². The Bertz CT molecular complexity index is 1120. The van der Waals surface area contributed by atoms with Crippen molar-refractivity contribution in [3.05, 3.63) is 59.4 Å². The van der Waals surface area contributed by atoms with Gasteiger partial charge < -0.3 is 15.0 Å². The summed E-state index contributed by atoms with van der Waals surface area (Å²) in [6, 6.07) is 14.9. The summed E-state index contributed by atoms with van der Waals surface area (Å²) >= 11 is 0. The fourth-order valence-electron chi connectivity index (χ4n) is 5.63. The topological polar surface area (TPSA) is 70.4 Å². The third-order valence-electron chi connectivity index (χ3n) is 7.41. The van der Waals surface area contributed by atoms with Crippen LogP contribution in [0.4, 0.5) is 10.5 Å². The molecule has 6 nitrogen and oxygen atoms in total. The monoisotopic (exact) mass is 432 g/mol. The molecule has 2 N–H and O–H groups in total. The number of nitrogens with one attached hydrogen (secondary N) is 1. The summed E-state index contributed by atoms with van der Waals surface area (Å²) < 4.78 is 2.45. The van der Waals surface area contributed by atoms with Gasteiger partial charge in [-0.2, -0.15) is 0 Å². The molecule has 6 heteroatoms. The molecule has 0 bridgehead atoms. The number of imidazole rings is 1. The van der Waals surface area contributed by atoms with Crippen LogP contribution >= 0.6 is 0 Å². The lowest BCUT2D eigenvalue weighted by Crippen LogP contribution is -2.41. The molecule has 1 amide bonds. The van der Waals surface area contributed by atoms with Crippen LogP contribution < -0.4 is 10.2 Å². The Labute approximate surface area is 189 Å². The van der Waals surface area contributed by atoms with Crippen molar-refractivity contribution < 1.29 is 9.90 Å². The summed E-state index contributed by atoms with van der Waals surface area (Å²) in [6.45, 7) is 6.45. The summed E-state index contributed by atoms with van der Waals surface area (Å²) in [5.41, 5.74) is 5.24. The summed E-state index contributed by atoms with van der Waals surface area (Å²) in [5.74, 6) is 1.68. The van der Waals surface area contributed by atoms with Gasteiger partial charge in [0.05, 0.1) is 16.7 Å². The van der Waals surface area contributed by atoms with Gasteiger partial charge in [0.25, 0.3) is 0 Å². The first-order valence-corrected chi connectivity index (χ1v) is 11.8. The van der Waals surface area contributed by atoms with E-state index in [0.717, 1.165) is 60.5 Å². The van der Waals surface area contributed by atoms with Gasteiger partial charge in [0.15, 0.2) is 0 Å². The van der Waals surface area contributed by atoms with E-state index in [0.29, 0.717) is 12.0 Å². The fraction of sp³-hybridized carbons (Fsp3) is 0.462. The molecule has 2 aliphatic rings. The molecule has 1 saturated heterocycles. The SMILES string of the molecule is CC(C1CCNCC1)n1c(Cc2ccccc2)nc2c3c(ccc21)N(C(=O)O)[C@@H](C)CC3. The van der Waals surface area contributed by atoms with E-state index in [1.165, 1.54) is 23.3 Å². The highest BCUT2D eigenvalue weighted by Gasteiger charge is 2.32. The first kappa shape index (κ1) is 21.0. The van der Waals surface area contributed by atoms with E-state index in [9.17, 15) is 9.90 Å². The van der Waals surface area contributed by atoms with Gasteiger partial charge in [-0.3, -0.25) is 4.90 Å². The number of benzene rings is 2. The summed E-state index contributed by atoms with van der Waals surface area (Å²) in [5, 5.41) is 13.3. The van der Waals surface area contributed by atoms with Gasteiger partial charge in [0.1, 0.15) is 5.82 Å². The number of nitrogens with zero attached hydrogens (tertiary/aromatic N) is 3. The Balaban J connectivity index is 1.65. The van der Waals surface area contributed by atoms with Crippen LogP contribution in [0.25, 0.3) is 11.0 Å². The maximum absolute atomic E-state index is 12.0. The summed E-state index contributed by atoms with van der Waals surface area (Å²) in [7, 11) is 0. The maximum atomic E-state index is 12.0. The smallest absolute Gasteiger partial charge is 0.412 e. The van der Waals surface area contributed by atoms with Gasteiger partial charge in [-0.05, 0) is 76.2 Å². The van der Waals surface area contributed by atoms with Crippen LogP contribution in [0.15, 0.2) is 42.5 Å². The molecule has 1 aromatic heterocycles. The number of aromatic nitrogens is 2. The van der Waals surface area contributed by atoms with Crippen LogP contribution in [0.3, 0.4) is 0 Å². The zero-order chi connectivity index (χ0) is 22.2. The molecule has 32 heavy (non-hydrogen) atoms. The lowest BCUT2D eigenvalue weighted by molar-refractivity contribution is 0.198. The number of piperidine rings is 1. The third-order valence-corrected chi connectivity index (χ3v) is 7.41. The molecule has 0 saturated carbocycles. The highest BCUT2D eigenvalue weighted by molar-refractivity contribution is 5.94. The Morgan fingerprint density at radius 2 is 1.91 bits per heavy atom. The molecule has 0 aliphatic carbocycles. The first-order chi connectivity index (χ1) is 15.5. The molecular weight excluding hydrogens is 400 g/mol. The van der Waals surface area contributed by atoms with Gasteiger partial charge in [0.2, 0.25) is 0 Å². The highest BCUT2D eigenvalue weighted by Crippen LogP contribution is 2.39. The number of carboxylic acid groups (broad SMARTS) is 1. The van der Waals surface area contributed by atoms with Gasteiger partial charge in [-0.25, -0.2) is 9.78 Å². The maximum Gasteiger partial charge on any atom is 0.412 e. The first-order valence-electron chi connectivity index (χ1n) is 11.8. The van der Waals surface area contributed by atoms with Crippen LogP contribution in [0.5, 0.6) is 0 Å². The highest BCUT2D eigenvalue weighted by atomic mass is 16.4. The average molecular weight is 433 g/mol. The van der Waals surface area contributed by atoms with Crippen molar-refractivity contribution in [1.82, 2.24) is 14.9 Å². The Kier molecular flexibility index (Phi) is 5.64. The van der Waals surface area contributed by atoms with Crippen LogP contribution in [0, 0.1) is 5.92 Å². The van der Waals surface area contributed by atoms with E-state index < -0.39 is 6.09 Å². The second kappa shape index (κ2) is 8.58. The molecule has 1 fully saturated rings. The Hall–Kier alpha value is -2.86. The number of anilines is 1. The second-order valence-corrected chi connectivity index (χ2v) is 9.36. The normalized spacial score (nSPS) is 20.3. The molecule has 2 aromatic carbocycles. The number of amides is 1. The van der Waals surface area contributed by atoms with Crippen LogP contribution in [0.1, 0.15) is 56.1 Å². The number of hydrogen-bond acceptors (Lipinski definition) is 3. The minimum absolute atomic E-state index is 0.0167. The second-order valence-electron chi connectivity index (χ2n) is 9.36. The van der Waals surface area contributed by atoms with E-state index in [1.54, 1.807) is 0 Å². The van der Waals surface area contributed by atoms with Gasteiger partial charge in [-0.15, -0.1) is 0 Å². The predicted octanol–water partition coefficient (Wildman–Crippen LogP) is 5.01. The summed E-state index contributed by atoms with van der Waals surface area (Å²) in [4.78, 5) is 18.7. The largest absolute Gasteiger partial charge is 0.465 e. The molecule has 0 radical (unpaired) electrons. The predicted molar refractivity (Wildman–Crippen MR) is 128 cm³/mol. The van der Waals surface area contributed by atoms with Gasteiger partial charge in [-0.1, -0.05) is 30.3 Å². The van der Waals surface area contributed by atoms with Gasteiger partial charge >= 0.3 is 6.09 Å². The molecular formula is C26H32N4O2. The van der Waals surface area contributed by atoms with Crippen molar-refractivity contribution in [3.8, 4) is 0 Å². The van der Waals surface area contributed by atoms with Crippen LogP contribution in [0.2, 0.25) is 0 Å². The van der Waals surface area contributed by atoms with E-state index in [1.807, 2.05) is 19.1 Å². The minimum Gasteiger partial charge on any atom is -0.465 e. The molecule has 2 aliphatic heterocycles. The molecule has 0 spiro atoms. The molecule has 168 valence electrons. The van der Waals surface area contributed by atoms with E-state index >= 15 is 0 Å². The average Bonchev–Trinajstić information content (AvgIpc) is 3.17. The standard InChI is InChI=1S/C26H32N4O2/c1-17-8-9-21-22(29(17)26(31)32)10-11-23-25(21)28-24(16-19-6-4-3-5-7-19)30(23)18(2)20-12-14-27-15-13-20/h3-7,10-11,17-18,20,27H,8-9,12-16H2,1-2H3,(H,31,32)/t17-,18?/m0/s1. The third kappa shape index (κ3) is 3.66. The van der Waals surface area contributed by atoms with Gasteiger partial charge in [0, 0.05) is 24.1 Å². The number of rotatable bonds is 4. The van der Waals surface area contributed by atoms with Crippen molar-refractivity contribution in [2.75, 3.05) is 18.0 Å². The zero-order valence-corrected chi connectivity index (χ0v) is 18.9. The van der Waals surface area contributed by atoms with E-state index in [4.69, 9.17) is 4.98 Å². The number of carbonyl (C=O) groups is 1. The Morgan fingerprint density at radius 3 is 2.62 bits per heavy atom. The molecule has 3 heterocycles. The summed E-state index contributed by atoms with van der Waals surface area (Å²) in [6.07, 6.45) is 3.91. The lowest BCUT2D eigenvalue weighted by atomic mass is 9.90. The lowest BCUT2D eigenvalue weighted by Gasteiger charge is -2.33. The Morgan fingerprint density at radius 1 is 1.16 bits per heavy atom. The molecule has 1 unspecified atom stereocenters. The molecule has 2 atom stereocenters. The van der Waals surface area contributed by atoms with Crippen LogP contribution in [-0.2, 0) is 12.8 Å². The van der Waals surface area contributed by atoms with E-state index in [-0.39, 0.29) is 6.04 Å². The van der Waals surface area contributed by atoms with Crippen molar-refractivity contribution in [1.29, 1.82) is 0 Å². The number of aryl methyl sites for hydroxylation is 1. The number of fused-ring (bicyclic) bond motifs is 3. The number of hydrogen-bond donors (Lipinski definition) is 2. The quantitative estimate of drug-likeness (QED) is 0.608. The fourth-order valence-corrected chi connectivity index (χ4v) is 5.63. The molecule has 5 rings (SSSR count). The van der Waals surface area contributed by atoms with E-state index in [2.05, 4.69) is 47.1 Å².